The summed E-state index contributed by atoms with van der Waals surface area (Å²) in [6.07, 6.45) is 0. The second-order valence-corrected chi connectivity index (χ2v) is 6.07. The van der Waals surface area contributed by atoms with Crippen molar-refractivity contribution in [1.29, 1.82) is 0 Å². The van der Waals surface area contributed by atoms with Gasteiger partial charge in [0.1, 0.15) is 23.7 Å². The van der Waals surface area contributed by atoms with Crippen LogP contribution in [0.4, 0.5) is 8.78 Å². The van der Waals surface area contributed by atoms with Crippen LogP contribution >= 0.6 is 11.6 Å². The Morgan fingerprint density at radius 2 is 2.05 bits per heavy atom. The molecule has 2 aromatic rings. The fourth-order valence-corrected chi connectivity index (χ4v) is 2.28. The maximum Gasteiger partial charge on any atom is 0.240 e. The van der Waals surface area contributed by atoms with Gasteiger partial charge in [-0.05, 0) is 26.8 Å². The first-order chi connectivity index (χ1) is 9.71. The normalized spacial score (nSPS) is 11.9. The summed E-state index contributed by atoms with van der Waals surface area (Å²) in [6.45, 7) is 5.44. The zero-order valence-corrected chi connectivity index (χ0v) is 12.8. The number of hydrogen-bond donors (Lipinski definition) is 1. The molecule has 0 aliphatic heterocycles. The van der Waals surface area contributed by atoms with E-state index in [9.17, 15) is 13.6 Å². The number of benzene rings is 1. The maximum absolute atomic E-state index is 13.7. The van der Waals surface area contributed by atoms with Crippen LogP contribution in [0.3, 0.4) is 0 Å². The standard InChI is InChI=1S/C14H16ClF2N3O/c1-14(2,3)19-12(21)7-20-10-5-8(16)4-9(17)13(10)18-11(20)6-15/h4-5H,6-7H2,1-3H3,(H,19,21). The molecule has 0 saturated carbocycles. The van der Waals surface area contributed by atoms with E-state index in [-0.39, 0.29) is 29.4 Å². The van der Waals surface area contributed by atoms with Gasteiger partial charge in [0.15, 0.2) is 5.82 Å². The summed E-state index contributed by atoms with van der Waals surface area (Å²) in [5.74, 6) is -1.46. The SMILES string of the molecule is CC(C)(C)NC(=O)Cn1c(CCl)nc2c(F)cc(F)cc21. The lowest BCUT2D eigenvalue weighted by Gasteiger charge is -2.21. The first-order valence-electron chi connectivity index (χ1n) is 6.42. The Balaban J connectivity index is 2.45. The summed E-state index contributed by atoms with van der Waals surface area (Å²) in [5, 5.41) is 2.78. The van der Waals surface area contributed by atoms with Crippen molar-refractivity contribution >= 4 is 28.5 Å². The zero-order chi connectivity index (χ0) is 15.8. The number of rotatable bonds is 3. The molecule has 0 aliphatic carbocycles. The quantitative estimate of drug-likeness (QED) is 0.885. The van der Waals surface area contributed by atoms with Crippen LogP contribution in [0, 0.1) is 11.6 Å². The van der Waals surface area contributed by atoms with Gasteiger partial charge in [-0.25, -0.2) is 13.8 Å². The van der Waals surface area contributed by atoms with Gasteiger partial charge < -0.3 is 9.88 Å². The Bertz CT molecular complexity index is 692. The average Bonchev–Trinajstić information content (AvgIpc) is 2.65. The molecule has 0 bridgehead atoms. The lowest BCUT2D eigenvalue weighted by Crippen LogP contribution is -2.42. The number of hydrogen-bond acceptors (Lipinski definition) is 2. The number of nitrogens with one attached hydrogen (secondary N) is 1. The number of halogens is 3. The van der Waals surface area contributed by atoms with Gasteiger partial charge >= 0.3 is 0 Å². The molecule has 0 unspecified atom stereocenters. The van der Waals surface area contributed by atoms with Crippen molar-refractivity contribution in [2.24, 2.45) is 0 Å². The lowest BCUT2D eigenvalue weighted by atomic mass is 10.1. The van der Waals surface area contributed by atoms with Gasteiger partial charge in [0.05, 0.1) is 11.4 Å². The van der Waals surface area contributed by atoms with E-state index in [0.717, 1.165) is 12.1 Å². The van der Waals surface area contributed by atoms with Gasteiger partial charge in [0.2, 0.25) is 5.91 Å². The number of fused-ring (bicyclic) bond motifs is 1. The molecular weight excluding hydrogens is 300 g/mol. The smallest absolute Gasteiger partial charge is 0.240 e. The first-order valence-corrected chi connectivity index (χ1v) is 6.96. The van der Waals surface area contributed by atoms with E-state index in [2.05, 4.69) is 10.3 Å². The Morgan fingerprint density at radius 3 is 2.62 bits per heavy atom. The van der Waals surface area contributed by atoms with E-state index >= 15 is 0 Å². The van der Waals surface area contributed by atoms with Crippen molar-refractivity contribution < 1.29 is 13.6 Å². The summed E-state index contributed by atoms with van der Waals surface area (Å²) in [5.41, 5.74) is -0.173. The fraction of sp³-hybridized carbons (Fsp3) is 0.429. The van der Waals surface area contributed by atoms with Gasteiger partial charge in [-0.1, -0.05) is 0 Å². The van der Waals surface area contributed by atoms with E-state index in [1.807, 2.05) is 20.8 Å². The van der Waals surface area contributed by atoms with Crippen molar-refractivity contribution in [3.63, 3.8) is 0 Å². The third-order valence-corrected chi connectivity index (χ3v) is 3.03. The largest absolute Gasteiger partial charge is 0.350 e. The molecule has 114 valence electrons. The molecule has 0 radical (unpaired) electrons. The van der Waals surface area contributed by atoms with E-state index in [0.29, 0.717) is 5.82 Å². The van der Waals surface area contributed by atoms with Crippen molar-refractivity contribution in [2.45, 2.75) is 38.7 Å². The molecule has 21 heavy (non-hydrogen) atoms. The Morgan fingerprint density at radius 1 is 1.38 bits per heavy atom. The summed E-state index contributed by atoms with van der Waals surface area (Å²) in [7, 11) is 0. The predicted molar refractivity (Wildman–Crippen MR) is 77.1 cm³/mol. The van der Waals surface area contributed by atoms with Gasteiger partial charge in [-0.3, -0.25) is 4.79 Å². The molecule has 2 rings (SSSR count). The molecule has 0 saturated heterocycles. The predicted octanol–water partition coefficient (Wildman–Crippen LogP) is 2.97. The van der Waals surface area contributed by atoms with Crippen molar-refractivity contribution in [1.82, 2.24) is 14.9 Å². The van der Waals surface area contributed by atoms with Crippen LogP contribution in [-0.4, -0.2) is 21.0 Å². The maximum atomic E-state index is 13.7. The molecule has 1 aromatic heterocycles. The minimum Gasteiger partial charge on any atom is -0.350 e. The monoisotopic (exact) mass is 315 g/mol. The van der Waals surface area contributed by atoms with Crippen LogP contribution < -0.4 is 5.32 Å². The molecule has 0 fully saturated rings. The molecule has 1 N–H and O–H groups in total. The van der Waals surface area contributed by atoms with Crippen molar-refractivity contribution in [3.8, 4) is 0 Å². The molecule has 1 aromatic carbocycles. The minimum absolute atomic E-state index is 0.00145. The minimum atomic E-state index is -0.772. The lowest BCUT2D eigenvalue weighted by molar-refractivity contribution is -0.123. The van der Waals surface area contributed by atoms with Gasteiger partial charge in [0.25, 0.3) is 0 Å². The van der Waals surface area contributed by atoms with Crippen LogP contribution in [0.1, 0.15) is 26.6 Å². The average molecular weight is 316 g/mol. The zero-order valence-electron chi connectivity index (χ0n) is 12.0. The molecule has 1 heterocycles. The number of alkyl halides is 1. The molecule has 0 spiro atoms. The van der Waals surface area contributed by atoms with Crippen molar-refractivity contribution in [3.05, 3.63) is 29.6 Å². The highest BCUT2D eigenvalue weighted by Gasteiger charge is 2.19. The molecule has 0 aliphatic rings. The number of carbonyl (C=O) groups excluding carboxylic acids is 1. The number of amides is 1. The molecule has 0 atom stereocenters. The Kier molecular flexibility index (Phi) is 4.18. The van der Waals surface area contributed by atoms with Crippen LogP contribution in [0.5, 0.6) is 0 Å². The molecule has 1 amide bonds. The van der Waals surface area contributed by atoms with E-state index in [4.69, 9.17) is 11.6 Å². The summed E-state index contributed by atoms with van der Waals surface area (Å²) in [4.78, 5) is 16.0. The first kappa shape index (κ1) is 15.7. The molecule has 7 heteroatoms. The highest BCUT2D eigenvalue weighted by atomic mass is 35.5. The highest BCUT2D eigenvalue weighted by Crippen LogP contribution is 2.22. The van der Waals surface area contributed by atoms with Gasteiger partial charge in [0, 0.05) is 11.6 Å². The third-order valence-electron chi connectivity index (χ3n) is 2.79. The van der Waals surface area contributed by atoms with Gasteiger partial charge in [-0.2, -0.15) is 0 Å². The topological polar surface area (TPSA) is 46.9 Å². The molecular formula is C14H16ClF2N3O. The van der Waals surface area contributed by atoms with Crippen LogP contribution in [0.25, 0.3) is 11.0 Å². The second kappa shape index (κ2) is 5.60. The van der Waals surface area contributed by atoms with E-state index < -0.39 is 17.2 Å². The summed E-state index contributed by atoms with van der Waals surface area (Å²) in [6, 6.07) is 1.90. The summed E-state index contributed by atoms with van der Waals surface area (Å²) >= 11 is 5.78. The Hall–Kier alpha value is -1.69. The third kappa shape index (κ3) is 3.50. The Labute approximate surface area is 126 Å². The molecule has 4 nitrogen and oxygen atoms in total. The number of carbonyl (C=O) groups is 1. The van der Waals surface area contributed by atoms with E-state index in [1.54, 1.807) is 0 Å². The summed E-state index contributed by atoms with van der Waals surface area (Å²) < 4.78 is 28.5. The van der Waals surface area contributed by atoms with E-state index in [1.165, 1.54) is 4.57 Å². The number of nitrogens with zero attached hydrogens (tertiary/aromatic N) is 2. The highest BCUT2D eigenvalue weighted by molar-refractivity contribution is 6.16. The second-order valence-electron chi connectivity index (χ2n) is 5.80. The fourth-order valence-electron chi connectivity index (χ4n) is 2.08. The number of aromatic nitrogens is 2. The van der Waals surface area contributed by atoms with Gasteiger partial charge in [-0.15, -0.1) is 11.6 Å². The number of imidazole rings is 1. The van der Waals surface area contributed by atoms with Crippen molar-refractivity contribution in [2.75, 3.05) is 0 Å². The van der Waals surface area contributed by atoms with Crippen LogP contribution in [-0.2, 0) is 17.2 Å². The van der Waals surface area contributed by atoms with Crippen LogP contribution in [0.15, 0.2) is 12.1 Å². The van der Waals surface area contributed by atoms with Crippen LogP contribution in [0.2, 0.25) is 0 Å².